The van der Waals surface area contributed by atoms with Crippen LogP contribution in [0.25, 0.3) is 0 Å². The highest BCUT2D eigenvalue weighted by molar-refractivity contribution is 5.97. The van der Waals surface area contributed by atoms with Gasteiger partial charge in [0.15, 0.2) is 5.60 Å². The second-order valence-electron chi connectivity index (χ2n) is 6.15. The molecule has 3 aromatic carbocycles. The van der Waals surface area contributed by atoms with Crippen LogP contribution in [0, 0.1) is 0 Å². The molecule has 0 bridgehead atoms. The maximum Gasteiger partial charge on any atom is 0.340 e. The molecule has 2 aliphatic rings. The fourth-order valence-electron chi connectivity index (χ4n) is 3.68. The van der Waals surface area contributed by atoms with Crippen molar-refractivity contribution in [2.45, 2.75) is 5.60 Å². The number of benzene rings is 3. The van der Waals surface area contributed by atoms with Crippen molar-refractivity contribution in [2.75, 3.05) is 5.73 Å². The van der Waals surface area contributed by atoms with E-state index in [9.17, 15) is 9.90 Å². The van der Waals surface area contributed by atoms with E-state index in [4.69, 9.17) is 15.2 Å². The molecule has 1 atom stereocenters. The number of nitrogens with two attached hydrogens (primary N) is 1. The van der Waals surface area contributed by atoms with Crippen molar-refractivity contribution in [1.29, 1.82) is 0 Å². The quantitative estimate of drug-likeness (QED) is 0.486. The highest BCUT2D eigenvalue weighted by Gasteiger charge is 2.53. The van der Waals surface area contributed by atoms with Crippen LogP contribution >= 0.6 is 0 Å². The molecule has 2 aliphatic heterocycles. The molecule has 0 fully saturated rings. The lowest BCUT2D eigenvalue weighted by molar-refractivity contribution is 0.0224. The lowest BCUT2D eigenvalue weighted by atomic mass is 9.77. The lowest BCUT2D eigenvalue weighted by Gasteiger charge is -2.36. The number of phenolic OH excluding ortho intramolecular Hbond substituents is 1. The molecular formula is C20H13NO4. The Hall–Kier alpha value is -3.47. The van der Waals surface area contributed by atoms with E-state index in [0.29, 0.717) is 33.9 Å². The third kappa shape index (κ3) is 1.69. The molecule has 0 aromatic heterocycles. The lowest BCUT2D eigenvalue weighted by Crippen LogP contribution is -2.33. The summed E-state index contributed by atoms with van der Waals surface area (Å²) in [6.07, 6.45) is 0. The van der Waals surface area contributed by atoms with E-state index < -0.39 is 5.60 Å². The first-order chi connectivity index (χ1) is 12.1. The molecular weight excluding hydrogens is 318 g/mol. The van der Waals surface area contributed by atoms with Crippen LogP contribution in [0.1, 0.15) is 27.0 Å². The third-order valence-electron chi connectivity index (χ3n) is 4.72. The Morgan fingerprint density at radius 3 is 2.44 bits per heavy atom. The summed E-state index contributed by atoms with van der Waals surface area (Å²) < 4.78 is 11.9. The van der Waals surface area contributed by atoms with Gasteiger partial charge in [-0.3, -0.25) is 0 Å². The first-order valence-electron chi connectivity index (χ1n) is 7.84. The number of anilines is 1. The predicted molar refractivity (Wildman–Crippen MR) is 90.8 cm³/mol. The normalized spacial score (nSPS) is 19.6. The molecule has 2 heterocycles. The minimum Gasteiger partial charge on any atom is -0.508 e. The fourth-order valence-corrected chi connectivity index (χ4v) is 3.68. The van der Waals surface area contributed by atoms with Gasteiger partial charge in [-0.2, -0.15) is 0 Å². The van der Waals surface area contributed by atoms with E-state index in [0.717, 1.165) is 5.56 Å². The summed E-state index contributed by atoms with van der Waals surface area (Å²) in [5, 5.41) is 9.86. The smallest absolute Gasteiger partial charge is 0.340 e. The number of phenols is 1. The van der Waals surface area contributed by atoms with Crippen LogP contribution < -0.4 is 10.5 Å². The first kappa shape index (κ1) is 13.9. The zero-order chi connectivity index (χ0) is 17.2. The number of carbonyl (C=O) groups excluding carboxylic acids is 1. The molecule has 0 saturated carbocycles. The van der Waals surface area contributed by atoms with Gasteiger partial charge in [-0.15, -0.1) is 0 Å². The topological polar surface area (TPSA) is 81.8 Å². The zero-order valence-electron chi connectivity index (χ0n) is 13.0. The van der Waals surface area contributed by atoms with Gasteiger partial charge in [0, 0.05) is 34.5 Å². The Balaban J connectivity index is 1.91. The highest BCUT2D eigenvalue weighted by Crippen LogP contribution is 2.56. The number of fused-ring (bicyclic) bond motifs is 6. The molecule has 0 amide bonds. The molecule has 5 rings (SSSR count). The Morgan fingerprint density at radius 2 is 1.60 bits per heavy atom. The Kier molecular flexibility index (Phi) is 2.53. The van der Waals surface area contributed by atoms with Gasteiger partial charge in [0.2, 0.25) is 0 Å². The van der Waals surface area contributed by atoms with Gasteiger partial charge in [-0.1, -0.05) is 18.2 Å². The number of hydrogen-bond acceptors (Lipinski definition) is 5. The minimum atomic E-state index is -1.11. The van der Waals surface area contributed by atoms with E-state index >= 15 is 0 Å². The average molecular weight is 331 g/mol. The summed E-state index contributed by atoms with van der Waals surface area (Å²) in [4.78, 5) is 12.6. The maximum atomic E-state index is 12.6. The summed E-state index contributed by atoms with van der Waals surface area (Å²) in [6.45, 7) is 0. The van der Waals surface area contributed by atoms with Gasteiger partial charge in [0.25, 0.3) is 0 Å². The van der Waals surface area contributed by atoms with Crippen molar-refractivity contribution in [3.63, 3.8) is 0 Å². The molecule has 122 valence electrons. The van der Waals surface area contributed by atoms with Crippen molar-refractivity contribution < 1.29 is 19.4 Å². The van der Waals surface area contributed by atoms with E-state index in [1.54, 1.807) is 36.4 Å². The van der Waals surface area contributed by atoms with E-state index in [2.05, 4.69) is 0 Å². The Labute approximate surface area is 143 Å². The number of hydrogen-bond donors (Lipinski definition) is 2. The Morgan fingerprint density at radius 1 is 0.880 bits per heavy atom. The van der Waals surface area contributed by atoms with Gasteiger partial charge in [0.1, 0.15) is 17.2 Å². The summed E-state index contributed by atoms with van der Waals surface area (Å²) >= 11 is 0. The molecule has 25 heavy (non-hydrogen) atoms. The summed E-state index contributed by atoms with van der Waals surface area (Å²) in [5.41, 5.74) is 7.97. The number of nitrogen functional groups attached to an aromatic ring is 1. The van der Waals surface area contributed by atoms with E-state index in [-0.39, 0.29) is 11.7 Å². The van der Waals surface area contributed by atoms with Crippen molar-refractivity contribution in [2.24, 2.45) is 0 Å². The number of rotatable bonds is 0. The number of esters is 1. The van der Waals surface area contributed by atoms with Crippen molar-refractivity contribution in [3.8, 4) is 17.2 Å². The molecule has 0 unspecified atom stereocenters. The number of ether oxygens (including phenoxy) is 2. The summed E-state index contributed by atoms with van der Waals surface area (Å²) in [6, 6.07) is 17.4. The summed E-state index contributed by atoms with van der Waals surface area (Å²) in [7, 11) is 0. The maximum absolute atomic E-state index is 12.6. The molecule has 3 N–H and O–H groups in total. The average Bonchev–Trinajstić information content (AvgIpc) is 2.88. The molecule has 0 aliphatic carbocycles. The number of carbonyl (C=O) groups is 1. The van der Waals surface area contributed by atoms with Crippen LogP contribution in [-0.4, -0.2) is 11.1 Å². The zero-order valence-corrected chi connectivity index (χ0v) is 13.0. The van der Waals surface area contributed by atoms with Gasteiger partial charge in [0.05, 0.1) is 5.56 Å². The van der Waals surface area contributed by atoms with E-state index in [1.165, 1.54) is 6.07 Å². The monoisotopic (exact) mass is 331 g/mol. The van der Waals surface area contributed by atoms with Crippen LogP contribution in [0.2, 0.25) is 0 Å². The molecule has 1 spiro atoms. The first-order valence-corrected chi connectivity index (χ1v) is 7.84. The minimum absolute atomic E-state index is 0.0684. The molecule has 0 saturated heterocycles. The molecule has 5 heteroatoms. The van der Waals surface area contributed by atoms with Crippen molar-refractivity contribution >= 4 is 11.7 Å². The highest BCUT2D eigenvalue weighted by atomic mass is 16.6. The van der Waals surface area contributed by atoms with Crippen LogP contribution in [0.4, 0.5) is 5.69 Å². The molecule has 0 radical (unpaired) electrons. The van der Waals surface area contributed by atoms with Gasteiger partial charge in [-0.25, -0.2) is 4.79 Å². The Bertz CT molecular complexity index is 1010. The second kappa shape index (κ2) is 4.54. The van der Waals surface area contributed by atoms with Crippen molar-refractivity contribution in [3.05, 3.63) is 82.9 Å². The van der Waals surface area contributed by atoms with Gasteiger partial charge in [-0.05, 0) is 30.3 Å². The van der Waals surface area contributed by atoms with Crippen molar-refractivity contribution in [1.82, 2.24) is 0 Å². The van der Waals surface area contributed by atoms with E-state index in [1.807, 2.05) is 18.2 Å². The summed E-state index contributed by atoms with van der Waals surface area (Å²) in [5.74, 6) is 0.614. The van der Waals surface area contributed by atoms with Gasteiger partial charge < -0.3 is 20.3 Å². The van der Waals surface area contributed by atoms with Crippen LogP contribution in [0.3, 0.4) is 0 Å². The fraction of sp³-hybridized carbons (Fsp3) is 0.0500. The predicted octanol–water partition coefficient (Wildman–Crippen LogP) is 3.54. The number of aromatic hydroxyl groups is 1. The SMILES string of the molecule is Nc1ccc2c(c1)Oc1cc(O)ccc1[C@@]21OC(=O)c2ccccc21. The third-order valence-corrected chi connectivity index (χ3v) is 4.72. The van der Waals surface area contributed by atoms with Crippen LogP contribution in [-0.2, 0) is 10.3 Å². The largest absolute Gasteiger partial charge is 0.508 e. The van der Waals surface area contributed by atoms with Crippen LogP contribution in [0.5, 0.6) is 17.2 Å². The van der Waals surface area contributed by atoms with Gasteiger partial charge >= 0.3 is 5.97 Å². The standard InChI is InChI=1S/C20H13NO4/c21-11-5-7-15-17(9-11)24-18-10-12(22)6-8-16(18)20(15)14-4-2-1-3-13(14)19(23)25-20/h1-10,22H,21H2/t20-/m0/s1. The molecule has 5 nitrogen and oxygen atoms in total. The van der Waals surface area contributed by atoms with Crippen LogP contribution in [0.15, 0.2) is 60.7 Å². The second-order valence-corrected chi connectivity index (χ2v) is 6.15. The molecule has 3 aromatic rings.